The third-order valence-corrected chi connectivity index (χ3v) is 2.69. The molecule has 0 aliphatic heterocycles. The number of halogens is 1. The average molecular weight is 267 g/mol. The van der Waals surface area contributed by atoms with Gasteiger partial charge in [0.2, 0.25) is 0 Å². The fourth-order valence-electron chi connectivity index (χ4n) is 1.55. The Balaban J connectivity index is 2.66. The van der Waals surface area contributed by atoms with E-state index in [4.69, 9.17) is 21.1 Å². The molecule has 0 radical (unpaired) electrons. The Morgan fingerprint density at radius 1 is 1.39 bits per heavy atom. The highest BCUT2D eigenvalue weighted by atomic mass is 35.5. The molecule has 0 saturated carbocycles. The molecule has 0 spiro atoms. The standard InChI is InChI=1S/C15H19ClO2/c1-12-11-15(18-13(2)8-10-17-3)7-6-14(12)5-4-9-16/h6-7,11,13H,8-10H2,1-3H3. The van der Waals surface area contributed by atoms with Crippen LogP contribution in [0.5, 0.6) is 5.75 Å². The van der Waals surface area contributed by atoms with E-state index in [2.05, 4.69) is 11.8 Å². The maximum atomic E-state index is 5.80. The van der Waals surface area contributed by atoms with Gasteiger partial charge in [-0.05, 0) is 37.6 Å². The second-order valence-corrected chi connectivity index (χ2v) is 4.39. The van der Waals surface area contributed by atoms with Crippen molar-refractivity contribution in [3.05, 3.63) is 29.3 Å². The van der Waals surface area contributed by atoms with Crippen LogP contribution in [0.4, 0.5) is 0 Å². The van der Waals surface area contributed by atoms with E-state index in [0.717, 1.165) is 23.3 Å². The molecule has 1 unspecified atom stereocenters. The second-order valence-electron chi connectivity index (χ2n) is 4.12. The van der Waals surface area contributed by atoms with Crippen LogP contribution in [0.1, 0.15) is 24.5 Å². The molecule has 1 rings (SSSR count). The monoisotopic (exact) mass is 266 g/mol. The lowest BCUT2D eigenvalue weighted by Gasteiger charge is -2.15. The first-order valence-electron chi connectivity index (χ1n) is 5.98. The van der Waals surface area contributed by atoms with Crippen LogP contribution in [0.3, 0.4) is 0 Å². The minimum Gasteiger partial charge on any atom is -0.491 e. The van der Waals surface area contributed by atoms with Crippen molar-refractivity contribution in [2.75, 3.05) is 19.6 Å². The van der Waals surface area contributed by atoms with Crippen LogP contribution >= 0.6 is 11.6 Å². The third-order valence-electron chi connectivity index (χ3n) is 2.55. The van der Waals surface area contributed by atoms with E-state index in [0.29, 0.717) is 12.5 Å². The van der Waals surface area contributed by atoms with Crippen molar-refractivity contribution in [2.24, 2.45) is 0 Å². The Hall–Kier alpha value is -1.17. The number of alkyl halides is 1. The van der Waals surface area contributed by atoms with Crippen LogP contribution < -0.4 is 4.74 Å². The van der Waals surface area contributed by atoms with Gasteiger partial charge in [-0.25, -0.2) is 0 Å². The quantitative estimate of drug-likeness (QED) is 0.601. The molecule has 18 heavy (non-hydrogen) atoms. The number of benzene rings is 1. The van der Waals surface area contributed by atoms with Gasteiger partial charge in [-0.3, -0.25) is 0 Å². The van der Waals surface area contributed by atoms with E-state index in [9.17, 15) is 0 Å². The fourth-order valence-corrected chi connectivity index (χ4v) is 1.62. The fraction of sp³-hybridized carbons (Fsp3) is 0.467. The number of hydrogen-bond donors (Lipinski definition) is 0. The first-order valence-corrected chi connectivity index (χ1v) is 6.52. The SMILES string of the molecule is COCCC(C)Oc1ccc(C#CCCl)c(C)c1. The molecule has 2 nitrogen and oxygen atoms in total. The summed E-state index contributed by atoms with van der Waals surface area (Å²) in [6.45, 7) is 4.76. The van der Waals surface area contributed by atoms with Crippen molar-refractivity contribution in [2.45, 2.75) is 26.4 Å². The molecule has 0 heterocycles. The summed E-state index contributed by atoms with van der Waals surface area (Å²) in [4.78, 5) is 0. The highest BCUT2D eigenvalue weighted by Crippen LogP contribution is 2.18. The van der Waals surface area contributed by atoms with Gasteiger partial charge in [-0.2, -0.15) is 0 Å². The van der Waals surface area contributed by atoms with Gasteiger partial charge in [0.05, 0.1) is 12.0 Å². The van der Waals surface area contributed by atoms with Crippen molar-refractivity contribution >= 4 is 11.6 Å². The summed E-state index contributed by atoms with van der Waals surface area (Å²) in [7, 11) is 1.70. The van der Waals surface area contributed by atoms with E-state index in [1.54, 1.807) is 7.11 Å². The van der Waals surface area contributed by atoms with Crippen molar-refractivity contribution in [3.8, 4) is 17.6 Å². The first kappa shape index (κ1) is 14.9. The zero-order valence-corrected chi connectivity index (χ0v) is 11.9. The van der Waals surface area contributed by atoms with Crippen LogP contribution in [-0.2, 0) is 4.74 Å². The maximum absolute atomic E-state index is 5.80. The summed E-state index contributed by atoms with van der Waals surface area (Å²) >= 11 is 5.54. The molecule has 1 aromatic carbocycles. The van der Waals surface area contributed by atoms with Gasteiger partial charge in [0.15, 0.2) is 0 Å². The Morgan fingerprint density at radius 2 is 2.17 bits per heavy atom. The Bertz CT molecular complexity index is 432. The van der Waals surface area contributed by atoms with Crippen LogP contribution in [0.2, 0.25) is 0 Å². The van der Waals surface area contributed by atoms with Crippen LogP contribution in [0, 0.1) is 18.8 Å². The second kappa shape index (κ2) is 8.02. The molecule has 1 aromatic rings. The van der Waals surface area contributed by atoms with Crippen molar-refractivity contribution in [1.82, 2.24) is 0 Å². The minimum absolute atomic E-state index is 0.143. The molecular formula is C15H19ClO2. The molecule has 0 amide bonds. The predicted octanol–water partition coefficient (Wildman–Crippen LogP) is 3.39. The van der Waals surface area contributed by atoms with Gasteiger partial charge >= 0.3 is 0 Å². The van der Waals surface area contributed by atoms with Gasteiger partial charge in [0, 0.05) is 25.7 Å². The highest BCUT2D eigenvalue weighted by molar-refractivity contribution is 6.19. The molecular weight excluding hydrogens is 248 g/mol. The van der Waals surface area contributed by atoms with E-state index in [1.165, 1.54) is 0 Å². The van der Waals surface area contributed by atoms with E-state index < -0.39 is 0 Å². The zero-order chi connectivity index (χ0) is 13.4. The Kier molecular flexibility index (Phi) is 6.64. The Morgan fingerprint density at radius 3 is 2.78 bits per heavy atom. The Labute approximate surface area is 114 Å². The third kappa shape index (κ3) is 5.00. The maximum Gasteiger partial charge on any atom is 0.120 e. The normalized spacial score (nSPS) is 11.6. The molecule has 0 aliphatic carbocycles. The van der Waals surface area contributed by atoms with E-state index >= 15 is 0 Å². The zero-order valence-electron chi connectivity index (χ0n) is 11.1. The van der Waals surface area contributed by atoms with Gasteiger partial charge < -0.3 is 9.47 Å². The summed E-state index contributed by atoms with van der Waals surface area (Å²) in [5, 5.41) is 0. The van der Waals surface area contributed by atoms with Crippen LogP contribution in [-0.4, -0.2) is 25.7 Å². The van der Waals surface area contributed by atoms with Crippen molar-refractivity contribution < 1.29 is 9.47 Å². The molecule has 98 valence electrons. The molecule has 0 saturated heterocycles. The minimum atomic E-state index is 0.143. The summed E-state index contributed by atoms with van der Waals surface area (Å²) in [6, 6.07) is 5.91. The molecule has 3 heteroatoms. The van der Waals surface area contributed by atoms with Crippen LogP contribution in [0.15, 0.2) is 18.2 Å². The number of ether oxygens (including phenoxy) is 2. The van der Waals surface area contributed by atoms with E-state index in [1.807, 2.05) is 32.0 Å². The van der Waals surface area contributed by atoms with Crippen LogP contribution in [0.25, 0.3) is 0 Å². The van der Waals surface area contributed by atoms with Gasteiger partial charge in [0.25, 0.3) is 0 Å². The largest absolute Gasteiger partial charge is 0.491 e. The number of methoxy groups -OCH3 is 1. The van der Waals surface area contributed by atoms with E-state index in [-0.39, 0.29) is 6.10 Å². The first-order chi connectivity index (χ1) is 8.67. The number of hydrogen-bond acceptors (Lipinski definition) is 2. The molecule has 0 aliphatic rings. The topological polar surface area (TPSA) is 18.5 Å². The van der Waals surface area contributed by atoms with Crippen molar-refractivity contribution in [1.29, 1.82) is 0 Å². The summed E-state index contributed by atoms with van der Waals surface area (Å²) in [5.74, 6) is 7.09. The molecule has 0 bridgehead atoms. The van der Waals surface area contributed by atoms with Crippen molar-refractivity contribution in [3.63, 3.8) is 0 Å². The van der Waals surface area contributed by atoms with Gasteiger partial charge in [0.1, 0.15) is 5.75 Å². The summed E-state index contributed by atoms with van der Waals surface area (Å²) in [6.07, 6.45) is 1.02. The predicted molar refractivity (Wildman–Crippen MR) is 75.4 cm³/mol. The molecule has 0 aromatic heterocycles. The van der Waals surface area contributed by atoms with Gasteiger partial charge in [-0.1, -0.05) is 11.8 Å². The summed E-state index contributed by atoms with van der Waals surface area (Å²) < 4.78 is 10.8. The number of rotatable bonds is 5. The molecule has 0 fully saturated rings. The lowest BCUT2D eigenvalue weighted by atomic mass is 10.1. The molecule has 0 N–H and O–H groups in total. The summed E-state index contributed by atoms with van der Waals surface area (Å²) in [5.41, 5.74) is 2.09. The highest BCUT2D eigenvalue weighted by Gasteiger charge is 2.05. The lowest BCUT2D eigenvalue weighted by molar-refractivity contribution is 0.135. The number of aryl methyl sites for hydroxylation is 1. The smallest absolute Gasteiger partial charge is 0.120 e. The molecule has 1 atom stereocenters. The lowest BCUT2D eigenvalue weighted by Crippen LogP contribution is -2.14. The average Bonchev–Trinajstić information content (AvgIpc) is 2.35. The van der Waals surface area contributed by atoms with Gasteiger partial charge in [-0.15, -0.1) is 11.6 Å².